The Labute approximate surface area is 90.4 Å². The molecule has 0 aliphatic heterocycles. The van der Waals surface area contributed by atoms with E-state index in [1.807, 2.05) is 45.2 Å². The second-order valence-electron chi connectivity index (χ2n) is 3.35. The van der Waals surface area contributed by atoms with Gasteiger partial charge in [0.25, 0.3) is 0 Å². The fourth-order valence-corrected chi connectivity index (χ4v) is 1.34. The molecule has 3 nitrogen and oxygen atoms in total. The summed E-state index contributed by atoms with van der Waals surface area (Å²) in [6.07, 6.45) is 0. The lowest BCUT2D eigenvalue weighted by atomic mass is 10.0. The molecule has 0 aromatic heterocycles. The van der Waals surface area contributed by atoms with Gasteiger partial charge in [-0.05, 0) is 31.5 Å². The van der Waals surface area contributed by atoms with Crippen LogP contribution in [0.2, 0.25) is 0 Å². The third-order valence-electron chi connectivity index (χ3n) is 2.34. The summed E-state index contributed by atoms with van der Waals surface area (Å²) in [7, 11) is 1.86. The highest BCUT2D eigenvalue weighted by Gasteiger charge is 2.15. The van der Waals surface area contributed by atoms with Gasteiger partial charge in [0.15, 0.2) is 0 Å². The molecule has 0 saturated carbocycles. The first-order valence-corrected chi connectivity index (χ1v) is 5.13. The Morgan fingerprint density at radius 2 is 2.00 bits per heavy atom. The SMILES string of the molecule is CCOC(=O)C(C)c1ccc(NC)cc1. The van der Waals surface area contributed by atoms with Crippen molar-refractivity contribution in [1.29, 1.82) is 0 Å². The van der Waals surface area contributed by atoms with Gasteiger partial charge in [0, 0.05) is 12.7 Å². The van der Waals surface area contributed by atoms with Crippen LogP contribution in [0.1, 0.15) is 25.3 Å². The molecule has 0 fully saturated rings. The Morgan fingerprint density at radius 1 is 1.40 bits per heavy atom. The highest BCUT2D eigenvalue weighted by Crippen LogP contribution is 2.18. The first kappa shape index (κ1) is 11.6. The highest BCUT2D eigenvalue weighted by atomic mass is 16.5. The van der Waals surface area contributed by atoms with Crippen LogP contribution in [0.15, 0.2) is 24.3 Å². The quantitative estimate of drug-likeness (QED) is 0.770. The number of hydrogen-bond donors (Lipinski definition) is 1. The van der Waals surface area contributed by atoms with Gasteiger partial charge in [-0.3, -0.25) is 4.79 Å². The third-order valence-corrected chi connectivity index (χ3v) is 2.34. The lowest BCUT2D eigenvalue weighted by Crippen LogP contribution is -2.12. The van der Waals surface area contributed by atoms with Gasteiger partial charge < -0.3 is 10.1 Å². The average molecular weight is 207 g/mol. The maximum atomic E-state index is 11.5. The molecule has 0 radical (unpaired) electrons. The van der Waals surface area contributed by atoms with Gasteiger partial charge in [0.1, 0.15) is 0 Å². The second-order valence-corrected chi connectivity index (χ2v) is 3.35. The molecule has 15 heavy (non-hydrogen) atoms. The fraction of sp³-hybridized carbons (Fsp3) is 0.417. The molecule has 1 atom stereocenters. The molecule has 82 valence electrons. The fourth-order valence-electron chi connectivity index (χ4n) is 1.34. The summed E-state index contributed by atoms with van der Waals surface area (Å²) in [5, 5.41) is 3.03. The minimum absolute atomic E-state index is 0.172. The van der Waals surface area contributed by atoms with Crippen molar-refractivity contribution in [1.82, 2.24) is 0 Å². The molecule has 0 saturated heterocycles. The summed E-state index contributed by atoms with van der Waals surface area (Å²) in [5.41, 5.74) is 2.02. The predicted molar refractivity (Wildman–Crippen MR) is 61.0 cm³/mol. The van der Waals surface area contributed by atoms with Crippen LogP contribution in [0.25, 0.3) is 0 Å². The van der Waals surface area contributed by atoms with Crippen molar-refractivity contribution < 1.29 is 9.53 Å². The zero-order valence-corrected chi connectivity index (χ0v) is 9.41. The van der Waals surface area contributed by atoms with Gasteiger partial charge in [-0.2, -0.15) is 0 Å². The summed E-state index contributed by atoms with van der Waals surface area (Å²) in [5.74, 6) is -0.370. The summed E-state index contributed by atoms with van der Waals surface area (Å²) >= 11 is 0. The van der Waals surface area contributed by atoms with Crippen LogP contribution in [-0.4, -0.2) is 19.6 Å². The molecule has 0 aliphatic carbocycles. The van der Waals surface area contributed by atoms with Gasteiger partial charge in [-0.25, -0.2) is 0 Å². The molecule has 0 aliphatic rings. The summed E-state index contributed by atoms with van der Waals surface area (Å²) in [4.78, 5) is 11.5. The molecule has 1 unspecified atom stereocenters. The van der Waals surface area contributed by atoms with E-state index >= 15 is 0 Å². The number of hydrogen-bond acceptors (Lipinski definition) is 3. The molecule has 1 aromatic rings. The van der Waals surface area contributed by atoms with E-state index < -0.39 is 0 Å². The van der Waals surface area contributed by atoms with E-state index in [1.165, 1.54) is 0 Å². The van der Waals surface area contributed by atoms with Crippen LogP contribution >= 0.6 is 0 Å². The Morgan fingerprint density at radius 3 is 2.47 bits per heavy atom. The number of carbonyl (C=O) groups excluding carboxylic acids is 1. The number of carbonyl (C=O) groups is 1. The number of esters is 1. The molecule has 1 rings (SSSR count). The van der Waals surface area contributed by atoms with Crippen molar-refractivity contribution in [2.75, 3.05) is 19.0 Å². The molecule has 0 spiro atoms. The molecular formula is C12H17NO2. The Hall–Kier alpha value is -1.51. The van der Waals surface area contributed by atoms with Crippen LogP contribution in [0.3, 0.4) is 0 Å². The Balaban J connectivity index is 2.73. The maximum absolute atomic E-state index is 11.5. The topological polar surface area (TPSA) is 38.3 Å². The van der Waals surface area contributed by atoms with Crippen LogP contribution in [0, 0.1) is 0 Å². The summed E-state index contributed by atoms with van der Waals surface area (Å²) in [6.45, 7) is 4.10. The lowest BCUT2D eigenvalue weighted by Gasteiger charge is -2.11. The first-order valence-electron chi connectivity index (χ1n) is 5.13. The number of benzene rings is 1. The van der Waals surface area contributed by atoms with Gasteiger partial charge in [-0.15, -0.1) is 0 Å². The van der Waals surface area contributed by atoms with Crippen molar-refractivity contribution in [2.24, 2.45) is 0 Å². The van der Waals surface area contributed by atoms with Gasteiger partial charge >= 0.3 is 5.97 Å². The van der Waals surface area contributed by atoms with E-state index in [1.54, 1.807) is 0 Å². The van der Waals surface area contributed by atoms with Crippen LogP contribution in [-0.2, 0) is 9.53 Å². The van der Waals surface area contributed by atoms with Gasteiger partial charge in [0.05, 0.1) is 12.5 Å². The molecule has 0 amide bonds. The number of ether oxygens (including phenoxy) is 1. The Kier molecular flexibility index (Phi) is 4.16. The highest BCUT2D eigenvalue weighted by molar-refractivity contribution is 5.77. The van der Waals surface area contributed by atoms with Crippen LogP contribution in [0.5, 0.6) is 0 Å². The number of nitrogens with one attached hydrogen (secondary N) is 1. The Bertz CT molecular complexity index is 319. The first-order chi connectivity index (χ1) is 7.19. The smallest absolute Gasteiger partial charge is 0.313 e. The van der Waals surface area contributed by atoms with E-state index in [4.69, 9.17) is 4.74 Å². The number of rotatable bonds is 4. The molecule has 0 bridgehead atoms. The summed E-state index contributed by atoms with van der Waals surface area (Å²) in [6, 6.07) is 7.77. The second kappa shape index (κ2) is 5.39. The van der Waals surface area contributed by atoms with Crippen molar-refractivity contribution >= 4 is 11.7 Å². The normalized spacial score (nSPS) is 11.9. The van der Waals surface area contributed by atoms with Crippen molar-refractivity contribution in [3.05, 3.63) is 29.8 Å². The van der Waals surface area contributed by atoms with Crippen LogP contribution < -0.4 is 5.32 Å². The zero-order chi connectivity index (χ0) is 11.3. The summed E-state index contributed by atoms with van der Waals surface area (Å²) < 4.78 is 4.96. The van der Waals surface area contributed by atoms with E-state index in [2.05, 4.69) is 5.32 Å². The van der Waals surface area contributed by atoms with E-state index in [0.29, 0.717) is 6.61 Å². The zero-order valence-electron chi connectivity index (χ0n) is 9.41. The van der Waals surface area contributed by atoms with Crippen LogP contribution in [0.4, 0.5) is 5.69 Å². The molecule has 1 aromatic carbocycles. The largest absolute Gasteiger partial charge is 0.466 e. The molecule has 1 N–H and O–H groups in total. The van der Waals surface area contributed by atoms with E-state index in [9.17, 15) is 4.79 Å². The maximum Gasteiger partial charge on any atom is 0.313 e. The average Bonchev–Trinajstić information content (AvgIpc) is 2.28. The van der Waals surface area contributed by atoms with E-state index in [0.717, 1.165) is 11.3 Å². The third kappa shape index (κ3) is 2.98. The van der Waals surface area contributed by atoms with Gasteiger partial charge in [0.2, 0.25) is 0 Å². The minimum atomic E-state index is -0.198. The number of anilines is 1. The van der Waals surface area contributed by atoms with E-state index in [-0.39, 0.29) is 11.9 Å². The minimum Gasteiger partial charge on any atom is -0.466 e. The van der Waals surface area contributed by atoms with Gasteiger partial charge in [-0.1, -0.05) is 12.1 Å². The predicted octanol–water partition coefficient (Wildman–Crippen LogP) is 2.39. The molecule has 3 heteroatoms. The standard InChI is InChI=1S/C12H17NO2/c1-4-15-12(14)9(2)10-5-7-11(13-3)8-6-10/h5-9,13H,4H2,1-3H3. The monoisotopic (exact) mass is 207 g/mol. The lowest BCUT2D eigenvalue weighted by molar-refractivity contribution is -0.144. The molecular weight excluding hydrogens is 190 g/mol. The van der Waals surface area contributed by atoms with Crippen molar-refractivity contribution in [3.8, 4) is 0 Å². The van der Waals surface area contributed by atoms with Crippen molar-refractivity contribution in [2.45, 2.75) is 19.8 Å². The van der Waals surface area contributed by atoms with Crippen molar-refractivity contribution in [3.63, 3.8) is 0 Å². The molecule has 0 heterocycles.